The molecule has 0 aliphatic carbocycles. The van der Waals surface area contributed by atoms with Gasteiger partial charge in [-0.25, -0.2) is 4.98 Å². The highest BCUT2D eigenvalue weighted by Crippen LogP contribution is 2.29. The molecule has 5 nitrogen and oxygen atoms in total. The average Bonchev–Trinajstić information content (AvgIpc) is 2.75. The van der Waals surface area contributed by atoms with Crippen LogP contribution in [0.1, 0.15) is 9.67 Å². The third kappa shape index (κ3) is 3.09. The van der Waals surface area contributed by atoms with E-state index in [2.05, 4.69) is 15.6 Å². The minimum Gasteiger partial charge on any atom is -0.382 e. The minimum atomic E-state index is -0.374. The normalized spacial score (nSPS) is 10.3. The second-order valence-electron chi connectivity index (χ2n) is 3.56. The van der Waals surface area contributed by atoms with Crippen molar-refractivity contribution in [3.8, 4) is 0 Å². The first-order valence-corrected chi connectivity index (χ1v) is 6.79. The number of aromatic nitrogens is 1. The number of nitrogens with one attached hydrogen (secondary N) is 2. The Balaban J connectivity index is 2.25. The van der Waals surface area contributed by atoms with Crippen LogP contribution in [0.3, 0.4) is 0 Å². The first-order valence-electron chi connectivity index (χ1n) is 5.21. The monoisotopic (exact) mass is 316 g/mol. The Kier molecular flexibility index (Phi) is 4.14. The predicted octanol–water partition coefficient (Wildman–Crippen LogP) is 3.33. The number of rotatable bonds is 3. The number of carbonyl (C=O) groups is 1. The van der Waals surface area contributed by atoms with Gasteiger partial charge in [0, 0.05) is 12.1 Å². The summed E-state index contributed by atoms with van der Waals surface area (Å²) < 4.78 is 0. The van der Waals surface area contributed by atoms with Gasteiger partial charge in [0.25, 0.3) is 5.91 Å². The van der Waals surface area contributed by atoms with E-state index < -0.39 is 0 Å². The number of hydrogen-bond donors (Lipinski definition) is 3. The van der Waals surface area contributed by atoms with E-state index in [0.717, 1.165) is 11.3 Å². The first-order chi connectivity index (χ1) is 9.01. The molecule has 0 bridgehead atoms. The molecule has 100 valence electrons. The van der Waals surface area contributed by atoms with E-state index >= 15 is 0 Å². The molecule has 2 aromatic rings. The number of thiazole rings is 1. The number of anilines is 3. The Labute approximate surface area is 123 Å². The van der Waals surface area contributed by atoms with Gasteiger partial charge in [-0.1, -0.05) is 34.5 Å². The molecule has 0 spiro atoms. The second kappa shape index (κ2) is 5.64. The highest BCUT2D eigenvalue weighted by atomic mass is 35.5. The Hall–Kier alpha value is -1.50. The van der Waals surface area contributed by atoms with Gasteiger partial charge in [0.1, 0.15) is 10.7 Å². The van der Waals surface area contributed by atoms with E-state index in [1.54, 1.807) is 25.2 Å². The molecule has 0 saturated carbocycles. The van der Waals surface area contributed by atoms with Crippen LogP contribution in [0.25, 0.3) is 0 Å². The lowest BCUT2D eigenvalue weighted by Gasteiger charge is -2.06. The largest absolute Gasteiger partial charge is 0.382 e. The van der Waals surface area contributed by atoms with Crippen LogP contribution in [0.4, 0.5) is 16.6 Å². The summed E-state index contributed by atoms with van der Waals surface area (Å²) in [6.45, 7) is 0. The van der Waals surface area contributed by atoms with Crippen LogP contribution in [0.15, 0.2) is 18.2 Å². The maximum Gasteiger partial charge on any atom is 0.269 e. The summed E-state index contributed by atoms with van der Waals surface area (Å²) in [5, 5.41) is 6.93. The summed E-state index contributed by atoms with van der Waals surface area (Å²) in [5.74, 6) is -0.203. The quantitative estimate of drug-likeness (QED) is 0.811. The molecule has 0 aliphatic rings. The Morgan fingerprint density at radius 3 is 2.79 bits per heavy atom. The number of nitrogens with zero attached hydrogens (tertiary/aromatic N) is 1. The highest BCUT2D eigenvalue weighted by Gasteiger charge is 2.17. The van der Waals surface area contributed by atoms with Crippen LogP contribution in [0.5, 0.6) is 0 Å². The molecule has 1 aromatic heterocycles. The Bertz CT molecular complexity index is 629. The van der Waals surface area contributed by atoms with Crippen molar-refractivity contribution in [2.75, 3.05) is 23.4 Å². The lowest BCUT2D eigenvalue weighted by molar-refractivity contribution is 0.103. The molecule has 4 N–H and O–H groups in total. The van der Waals surface area contributed by atoms with Crippen LogP contribution in [0.2, 0.25) is 10.0 Å². The fourth-order valence-corrected chi connectivity index (χ4v) is 2.44. The highest BCUT2D eigenvalue weighted by molar-refractivity contribution is 7.18. The van der Waals surface area contributed by atoms with Crippen molar-refractivity contribution in [3.63, 3.8) is 0 Å². The lowest BCUT2D eigenvalue weighted by Crippen LogP contribution is -2.12. The van der Waals surface area contributed by atoms with E-state index in [-0.39, 0.29) is 11.7 Å². The number of benzene rings is 1. The maximum atomic E-state index is 12.1. The number of nitrogen functional groups attached to an aromatic ring is 1. The smallest absolute Gasteiger partial charge is 0.269 e. The van der Waals surface area contributed by atoms with Crippen LogP contribution in [-0.2, 0) is 0 Å². The third-order valence-electron chi connectivity index (χ3n) is 2.25. The Morgan fingerprint density at radius 1 is 1.42 bits per heavy atom. The minimum absolute atomic E-state index is 0.171. The van der Waals surface area contributed by atoms with Gasteiger partial charge in [0.2, 0.25) is 0 Å². The summed E-state index contributed by atoms with van der Waals surface area (Å²) in [4.78, 5) is 16.4. The van der Waals surface area contributed by atoms with Crippen molar-refractivity contribution < 1.29 is 4.79 Å². The van der Waals surface area contributed by atoms with Gasteiger partial charge >= 0.3 is 0 Å². The van der Waals surface area contributed by atoms with Crippen molar-refractivity contribution in [1.29, 1.82) is 0 Å². The van der Waals surface area contributed by atoms with E-state index in [0.29, 0.717) is 25.7 Å². The number of carbonyl (C=O) groups excluding carboxylic acids is 1. The van der Waals surface area contributed by atoms with Crippen molar-refractivity contribution in [1.82, 2.24) is 4.98 Å². The summed E-state index contributed by atoms with van der Waals surface area (Å²) >= 11 is 13.0. The molecule has 19 heavy (non-hydrogen) atoms. The van der Waals surface area contributed by atoms with Gasteiger partial charge < -0.3 is 16.4 Å². The van der Waals surface area contributed by atoms with Crippen molar-refractivity contribution in [2.24, 2.45) is 0 Å². The summed E-state index contributed by atoms with van der Waals surface area (Å²) in [5.41, 5.74) is 6.11. The van der Waals surface area contributed by atoms with Crippen LogP contribution in [0, 0.1) is 0 Å². The van der Waals surface area contributed by atoms with Crippen LogP contribution >= 0.6 is 34.5 Å². The molecule has 0 aliphatic heterocycles. The fraction of sp³-hybridized carbons (Fsp3) is 0.0909. The van der Waals surface area contributed by atoms with E-state index in [1.165, 1.54) is 0 Å². The summed E-state index contributed by atoms with van der Waals surface area (Å²) in [6.07, 6.45) is 0. The molecule has 8 heteroatoms. The molecule has 0 saturated heterocycles. The average molecular weight is 317 g/mol. The molecular weight excluding hydrogens is 307 g/mol. The number of halogens is 2. The standard InChI is InChI=1S/C11H10Cl2N4OS/c1-15-11-17-9(14)8(19-11)10(18)16-7-4-5(12)2-3-6(7)13/h2-4H,14H2,1H3,(H,15,17)(H,16,18). The summed E-state index contributed by atoms with van der Waals surface area (Å²) in [7, 11) is 1.70. The fourth-order valence-electron chi connectivity index (χ4n) is 1.37. The second-order valence-corrected chi connectivity index (χ2v) is 5.40. The maximum absolute atomic E-state index is 12.1. The lowest BCUT2D eigenvalue weighted by atomic mass is 10.3. The van der Waals surface area contributed by atoms with Gasteiger partial charge in [-0.3, -0.25) is 4.79 Å². The van der Waals surface area contributed by atoms with Gasteiger partial charge in [-0.2, -0.15) is 0 Å². The molecular formula is C11H10Cl2N4OS. The van der Waals surface area contributed by atoms with E-state index in [9.17, 15) is 4.79 Å². The zero-order valence-corrected chi connectivity index (χ0v) is 12.2. The predicted molar refractivity (Wildman–Crippen MR) is 80.5 cm³/mol. The number of nitrogens with two attached hydrogens (primary N) is 1. The molecule has 2 rings (SSSR count). The molecule has 0 radical (unpaired) electrons. The zero-order chi connectivity index (χ0) is 14.0. The third-order valence-corrected chi connectivity index (χ3v) is 3.90. The molecule has 1 heterocycles. The molecule has 1 amide bonds. The first kappa shape index (κ1) is 13.9. The van der Waals surface area contributed by atoms with Gasteiger partial charge in [-0.05, 0) is 18.2 Å². The Morgan fingerprint density at radius 2 is 2.16 bits per heavy atom. The summed E-state index contributed by atoms with van der Waals surface area (Å²) in [6, 6.07) is 4.81. The van der Waals surface area contributed by atoms with Crippen LogP contribution < -0.4 is 16.4 Å². The van der Waals surface area contributed by atoms with Gasteiger partial charge in [-0.15, -0.1) is 0 Å². The number of amides is 1. The van der Waals surface area contributed by atoms with Crippen molar-refractivity contribution >= 4 is 57.1 Å². The van der Waals surface area contributed by atoms with E-state index in [4.69, 9.17) is 28.9 Å². The van der Waals surface area contributed by atoms with Crippen molar-refractivity contribution in [3.05, 3.63) is 33.1 Å². The van der Waals surface area contributed by atoms with E-state index in [1.807, 2.05) is 0 Å². The topological polar surface area (TPSA) is 80.0 Å². The zero-order valence-electron chi connectivity index (χ0n) is 9.83. The van der Waals surface area contributed by atoms with Crippen LogP contribution in [-0.4, -0.2) is 17.9 Å². The van der Waals surface area contributed by atoms with Gasteiger partial charge in [0.05, 0.1) is 10.7 Å². The SMILES string of the molecule is CNc1nc(N)c(C(=O)Nc2cc(Cl)ccc2Cl)s1. The van der Waals surface area contributed by atoms with Crippen molar-refractivity contribution in [2.45, 2.75) is 0 Å². The molecule has 0 atom stereocenters. The van der Waals surface area contributed by atoms with Gasteiger partial charge in [0.15, 0.2) is 5.13 Å². The molecule has 0 unspecified atom stereocenters. The molecule has 0 fully saturated rings. The number of hydrogen-bond acceptors (Lipinski definition) is 5. The molecule has 1 aromatic carbocycles.